The lowest BCUT2D eigenvalue weighted by molar-refractivity contribution is -0.221. The number of aryl methyl sites for hydroxylation is 1. The fraction of sp³-hybridized carbons (Fsp3) is 0.389. The van der Waals surface area contributed by atoms with Crippen LogP contribution < -0.4 is 5.32 Å². The maximum absolute atomic E-state index is 13.0. The molecule has 3 aromatic heterocycles. The number of aliphatic hydroxyl groups is 4. The summed E-state index contributed by atoms with van der Waals surface area (Å²) in [6.07, 6.45) is -0.533. The van der Waals surface area contributed by atoms with Crippen molar-refractivity contribution >= 4 is 33.6 Å². The van der Waals surface area contributed by atoms with Crippen LogP contribution in [0.15, 0.2) is 24.8 Å². The van der Waals surface area contributed by atoms with E-state index in [1.165, 1.54) is 17.5 Å². The molecule has 4 heterocycles. The summed E-state index contributed by atoms with van der Waals surface area (Å²) < 4.78 is 5.40. The highest BCUT2D eigenvalue weighted by molar-refractivity contribution is 7.20. The smallest absolute Gasteiger partial charge is 0.216 e. The molecule has 4 rings (SSSR count). The highest BCUT2D eigenvalue weighted by atomic mass is 32.1. The minimum absolute atomic E-state index is 0.260. The first kappa shape index (κ1) is 21.8. The molecule has 5 N–H and O–H groups in total. The maximum Gasteiger partial charge on any atom is 0.216 e. The minimum atomic E-state index is -1.51. The summed E-state index contributed by atoms with van der Waals surface area (Å²) >= 11 is 2.24. The summed E-state index contributed by atoms with van der Waals surface area (Å²) in [5, 5.41) is 42.8. The summed E-state index contributed by atoms with van der Waals surface area (Å²) in [7, 11) is 0. The lowest BCUT2D eigenvalue weighted by Crippen LogP contribution is -2.60. The summed E-state index contributed by atoms with van der Waals surface area (Å²) in [6, 6.07) is 0. The van der Waals surface area contributed by atoms with Crippen LogP contribution in [0.25, 0.3) is 10.7 Å². The number of carbonyl (C=O) groups is 1. The molecule has 0 amide bonds. The van der Waals surface area contributed by atoms with E-state index in [1.807, 2.05) is 0 Å². The molecule has 3 aromatic rings. The van der Waals surface area contributed by atoms with Crippen LogP contribution >= 0.6 is 22.7 Å². The fourth-order valence-electron chi connectivity index (χ4n) is 3.03. The van der Waals surface area contributed by atoms with Gasteiger partial charge in [-0.15, -0.1) is 11.3 Å². The highest BCUT2D eigenvalue weighted by Crippen LogP contribution is 2.31. The van der Waals surface area contributed by atoms with Crippen LogP contribution in [0, 0.1) is 6.92 Å². The van der Waals surface area contributed by atoms with Gasteiger partial charge < -0.3 is 30.5 Å². The molecule has 0 radical (unpaired) electrons. The fourth-order valence-corrected chi connectivity index (χ4v) is 4.86. The molecule has 0 aliphatic carbocycles. The van der Waals surface area contributed by atoms with Crippen LogP contribution in [-0.2, 0) is 4.74 Å². The lowest BCUT2D eigenvalue weighted by atomic mass is 9.98. The van der Waals surface area contributed by atoms with Gasteiger partial charge in [0.2, 0.25) is 5.78 Å². The number of hydrogen-bond acceptors (Lipinski definition) is 13. The predicted octanol–water partition coefficient (Wildman–Crippen LogP) is -0.192. The van der Waals surface area contributed by atoms with E-state index in [9.17, 15) is 25.2 Å². The van der Waals surface area contributed by atoms with Crippen LogP contribution in [0.4, 0.5) is 5.13 Å². The second kappa shape index (κ2) is 9.00. The van der Waals surface area contributed by atoms with Crippen molar-refractivity contribution < 1.29 is 30.0 Å². The Kier molecular flexibility index (Phi) is 6.34. The number of nitrogens with one attached hydrogen (secondary N) is 1. The number of anilines is 1. The minimum Gasteiger partial charge on any atom is -0.394 e. The van der Waals surface area contributed by atoms with E-state index in [0.29, 0.717) is 26.1 Å². The molecule has 1 aliphatic rings. The van der Waals surface area contributed by atoms with Gasteiger partial charge in [-0.1, -0.05) is 11.3 Å². The van der Waals surface area contributed by atoms with Gasteiger partial charge in [-0.25, -0.2) is 9.97 Å². The summed E-state index contributed by atoms with van der Waals surface area (Å²) in [5.74, 6) is -0.260. The zero-order valence-electron chi connectivity index (χ0n) is 16.1. The molecule has 1 fully saturated rings. The molecule has 31 heavy (non-hydrogen) atoms. The first-order valence-corrected chi connectivity index (χ1v) is 10.8. The first-order chi connectivity index (χ1) is 14.9. The monoisotopic (exact) mass is 465 g/mol. The number of aliphatic hydroxyl groups excluding tert-OH is 4. The molecule has 5 atom stereocenters. The van der Waals surface area contributed by atoms with Crippen molar-refractivity contribution in [3.63, 3.8) is 0 Å². The molecule has 0 unspecified atom stereocenters. The van der Waals surface area contributed by atoms with Gasteiger partial charge in [0.15, 0.2) is 11.4 Å². The second-order valence-electron chi connectivity index (χ2n) is 6.78. The van der Waals surface area contributed by atoms with Gasteiger partial charge in [-0.05, 0) is 6.92 Å². The van der Waals surface area contributed by atoms with Gasteiger partial charge in [0.25, 0.3) is 0 Å². The van der Waals surface area contributed by atoms with E-state index in [-0.39, 0.29) is 10.9 Å². The van der Waals surface area contributed by atoms with Crippen molar-refractivity contribution in [1.29, 1.82) is 0 Å². The molecule has 0 aromatic carbocycles. The molecule has 0 bridgehead atoms. The highest BCUT2D eigenvalue weighted by Gasteiger charge is 2.43. The molecule has 0 saturated carbocycles. The molecular weight excluding hydrogens is 446 g/mol. The SMILES string of the molecule is Cc1nc(-c2cnccn2)sc1C(=O)c1cnc(N[C@@H]2O[C@H](CO)[C@@H](O)[C@H](O)[C@@H]2O)s1. The van der Waals surface area contributed by atoms with Gasteiger partial charge >= 0.3 is 0 Å². The van der Waals surface area contributed by atoms with E-state index in [2.05, 4.69) is 25.3 Å². The lowest BCUT2D eigenvalue weighted by Gasteiger charge is -2.40. The van der Waals surface area contributed by atoms with Gasteiger partial charge in [-0.2, -0.15) is 0 Å². The Morgan fingerprint density at radius 1 is 1.13 bits per heavy atom. The Morgan fingerprint density at radius 3 is 2.65 bits per heavy atom. The van der Waals surface area contributed by atoms with Crippen molar-refractivity contribution in [3.05, 3.63) is 40.2 Å². The molecular formula is C18H19N5O6S2. The van der Waals surface area contributed by atoms with Gasteiger partial charge in [0.05, 0.1) is 34.4 Å². The molecule has 1 aliphatic heterocycles. The number of thiazole rings is 2. The Morgan fingerprint density at radius 2 is 1.94 bits per heavy atom. The Labute approximate surface area is 184 Å². The quantitative estimate of drug-likeness (QED) is 0.306. The normalized spacial score (nSPS) is 26.0. The van der Waals surface area contributed by atoms with Gasteiger partial charge in [0.1, 0.15) is 35.1 Å². The van der Waals surface area contributed by atoms with E-state index in [4.69, 9.17) is 4.74 Å². The summed E-state index contributed by atoms with van der Waals surface area (Å²) in [6.45, 7) is 1.20. The number of aromatic nitrogens is 4. The Bertz CT molecular complexity index is 1060. The molecule has 164 valence electrons. The van der Waals surface area contributed by atoms with Gasteiger partial charge in [0, 0.05) is 12.4 Å². The number of nitrogens with zero attached hydrogens (tertiary/aromatic N) is 4. The molecule has 11 nitrogen and oxygen atoms in total. The zero-order valence-corrected chi connectivity index (χ0v) is 17.7. The second-order valence-corrected chi connectivity index (χ2v) is 8.81. The van der Waals surface area contributed by atoms with E-state index >= 15 is 0 Å². The van der Waals surface area contributed by atoms with E-state index < -0.39 is 37.3 Å². The van der Waals surface area contributed by atoms with Crippen LogP contribution in [-0.4, -0.2) is 83.4 Å². The standard InChI is InChI=1S/C18H19N5O6S2/c1-7-15(31-17(22-7)8-4-19-2-3-20-8)12(26)10-5-21-18(30-10)23-16-14(28)13(27)11(25)9(6-24)29-16/h2-5,9,11,13-14,16,24-25,27-28H,6H2,1H3,(H,21,23)/t9-,11-,13+,14+,16-/m1/s1. The predicted molar refractivity (Wildman–Crippen MR) is 111 cm³/mol. The Hall–Kier alpha value is -2.39. The Balaban J connectivity index is 1.50. The van der Waals surface area contributed by atoms with Crippen molar-refractivity contribution in [2.45, 2.75) is 37.6 Å². The van der Waals surface area contributed by atoms with Crippen LogP contribution in [0.5, 0.6) is 0 Å². The van der Waals surface area contributed by atoms with Crippen molar-refractivity contribution in [3.8, 4) is 10.7 Å². The average molecular weight is 466 g/mol. The summed E-state index contributed by atoms with van der Waals surface area (Å²) in [4.78, 5) is 30.5. The number of ketones is 1. The molecule has 0 spiro atoms. The van der Waals surface area contributed by atoms with Crippen LogP contribution in [0.1, 0.15) is 20.2 Å². The third-order valence-electron chi connectivity index (χ3n) is 4.67. The summed E-state index contributed by atoms with van der Waals surface area (Å²) in [5.41, 5.74) is 1.14. The topological polar surface area (TPSA) is 171 Å². The molecule has 1 saturated heterocycles. The average Bonchev–Trinajstić information content (AvgIpc) is 3.41. The number of ether oxygens (including phenoxy) is 1. The van der Waals surface area contributed by atoms with E-state index in [0.717, 1.165) is 11.3 Å². The van der Waals surface area contributed by atoms with Gasteiger partial charge in [-0.3, -0.25) is 14.8 Å². The number of carbonyl (C=O) groups excluding carboxylic acids is 1. The van der Waals surface area contributed by atoms with Crippen molar-refractivity contribution in [2.75, 3.05) is 11.9 Å². The van der Waals surface area contributed by atoms with Crippen molar-refractivity contribution in [2.24, 2.45) is 0 Å². The van der Waals surface area contributed by atoms with Crippen LogP contribution in [0.2, 0.25) is 0 Å². The van der Waals surface area contributed by atoms with Crippen molar-refractivity contribution in [1.82, 2.24) is 19.9 Å². The third-order valence-corrected chi connectivity index (χ3v) is 6.78. The van der Waals surface area contributed by atoms with E-state index in [1.54, 1.807) is 25.5 Å². The largest absolute Gasteiger partial charge is 0.394 e. The van der Waals surface area contributed by atoms with Crippen LogP contribution in [0.3, 0.4) is 0 Å². The molecule has 13 heteroatoms. The number of rotatable bonds is 6. The third kappa shape index (κ3) is 4.34. The number of hydrogen-bond donors (Lipinski definition) is 5. The maximum atomic E-state index is 13.0. The first-order valence-electron chi connectivity index (χ1n) is 9.20. The zero-order chi connectivity index (χ0) is 22.1.